The van der Waals surface area contributed by atoms with Crippen LogP contribution in [0, 0.1) is 6.92 Å². The van der Waals surface area contributed by atoms with E-state index in [1.165, 1.54) is 11.0 Å². The molecule has 4 rings (SSSR count). The number of aromatic nitrogens is 2. The quantitative estimate of drug-likeness (QED) is 0.619. The minimum Gasteiger partial charge on any atom is -0.391 e. The van der Waals surface area contributed by atoms with Crippen molar-refractivity contribution in [1.82, 2.24) is 14.9 Å². The van der Waals surface area contributed by atoms with Crippen molar-refractivity contribution in [3.63, 3.8) is 0 Å². The summed E-state index contributed by atoms with van der Waals surface area (Å²) < 4.78 is 44.1. The van der Waals surface area contributed by atoms with Crippen molar-refractivity contribution in [2.75, 3.05) is 18.9 Å². The number of amides is 1. The first-order valence-electron chi connectivity index (χ1n) is 10.4. The number of aryl methyl sites for hydroxylation is 1. The Hall–Kier alpha value is -3.24. The van der Waals surface area contributed by atoms with Gasteiger partial charge in [-0.25, -0.2) is 4.98 Å². The second-order valence-corrected chi connectivity index (χ2v) is 8.07. The summed E-state index contributed by atoms with van der Waals surface area (Å²) >= 11 is 0. The van der Waals surface area contributed by atoms with Gasteiger partial charge in [0, 0.05) is 23.8 Å². The van der Waals surface area contributed by atoms with E-state index in [1.807, 2.05) is 13.0 Å². The summed E-state index contributed by atoms with van der Waals surface area (Å²) in [6.07, 6.45) is -4.26. The largest absolute Gasteiger partial charge is 0.417 e. The van der Waals surface area contributed by atoms with E-state index in [9.17, 15) is 23.1 Å². The van der Waals surface area contributed by atoms with Crippen molar-refractivity contribution >= 4 is 22.6 Å². The molecular weight excluding hydrogens is 437 g/mol. The van der Waals surface area contributed by atoms with Crippen molar-refractivity contribution in [1.29, 1.82) is 0 Å². The van der Waals surface area contributed by atoms with Gasteiger partial charge >= 0.3 is 6.18 Å². The number of rotatable bonds is 4. The molecule has 1 fully saturated rings. The molecule has 1 aliphatic heterocycles. The standard InChI is InChI=1S/C23H23F3N4O3/c1-13-8-15-9-14(2-5-18(15)29-21(13)27)22(32)30(19-12-33-7-6-20(19)31)11-17-4-3-16(10-28-17)23(24,25)26/h2-5,8-10,19-20,31H,6-7,11-12H2,1H3,(H2,27,29)/t19-,20-/m1/s1. The summed E-state index contributed by atoms with van der Waals surface area (Å²) in [5, 5.41) is 11.3. The molecule has 0 unspecified atom stereocenters. The molecule has 10 heteroatoms. The monoisotopic (exact) mass is 460 g/mol. The van der Waals surface area contributed by atoms with E-state index in [1.54, 1.807) is 18.2 Å². The topological polar surface area (TPSA) is 102 Å². The number of ether oxygens (including phenoxy) is 1. The zero-order chi connectivity index (χ0) is 23.8. The van der Waals surface area contributed by atoms with Crippen LogP contribution >= 0.6 is 0 Å². The SMILES string of the molecule is Cc1cc2cc(C(=O)N(Cc3ccc(C(F)(F)F)cn3)[C@@H]3COCC[C@H]3O)ccc2nc1N. The summed E-state index contributed by atoms with van der Waals surface area (Å²) in [5.41, 5.74) is 7.00. The average molecular weight is 460 g/mol. The Kier molecular flexibility index (Phi) is 6.22. The van der Waals surface area contributed by atoms with Crippen LogP contribution in [0.5, 0.6) is 0 Å². The summed E-state index contributed by atoms with van der Waals surface area (Å²) in [6, 6.07) is 8.28. The fraction of sp³-hybridized carbons (Fsp3) is 0.348. The van der Waals surface area contributed by atoms with Gasteiger partial charge in [0.25, 0.3) is 5.91 Å². The Morgan fingerprint density at radius 2 is 2.06 bits per heavy atom. The third-order valence-corrected chi connectivity index (χ3v) is 5.73. The van der Waals surface area contributed by atoms with E-state index in [-0.39, 0.29) is 18.8 Å². The van der Waals surface area contributed by atoms with Crippen LogP contribution in [0.25, 0.3) is 10.9 Å². The lowest BCUT2D eigenvalue weighted by atomic mass is 10.0. The zero-order valence-electron chi connectivity index (χ0n) is 17.8. The number of aliphatic hydroxyl groups excluding tert-OH is 1. The number of anilines is 1. The molecule has 2 aromatic heterocycles. The first kappa shape index (κ1) is 22.9. The molecule has 2 atom stereocenters. The molecule has 1 amide bonds. The van der Waals surface area contributed by atoms with Crippen molar-refractivity contribution in [3.05, 3.63) is 65.0 Å². The number of carbonyl (C=O) groups is 1. The van der Waals surface area contributed by atoms with E-state index in [0.717, 1.165) is 23.2 Å². The van der Waals surface area contributed by atoms with E-state index < -0.39 is 29.8 Å². The molecule has 3 aromatic rings. The van der Waals surface area contributed by atoms with Gasteiger partial charge < -0.3 is 20.5 Å². The fourth-order valence-corrected chi connectivity index (χ4v) is 3.81. The summed E-state index contributed by atoms with van der Waals surface area (Å²) in [5.74, 6) is 0.00156. The highest BCUT2D eigenvalue weighted by atomic mass is 19.4. The number of nitrogens with two attached hydrogens (primary N) is 1. The van der Waals surface area contributed by atoms with Crippen LogP contribution in [0.2, 0.25) is 0 Å². The summed E-state index contributed by atoms with van der Waals surface area (Å²) in [6.45, 7) is 2.20. The lowest BCUT2D eigenvalue weighted by molar-refractivity contribution is -0.137. The Balaban J connectivity index is 1.67. The van der Waals surface area contributed by atoms with Crippen molar-refractivity contribution in [2.24, 2.45) is 0 Å². The normalized spacial score (nSPS) is 18.9. The van der Waals surface area contributed by atoms with E-state index in [0.29, 0.717) is 29.9 Å². The Labute approximate surface area is 188 Å². The molecule has 1 aromatic carbocycles. The Bertz CT molecular complexity index is 1170. The molecule has 0 radical (unpaired) electrons. The third kappa shape index (κ3) is 4.91. The number of alkyl halides is 3. The fourth-order valence-electron chi connectivity index (χ4n) is 3.81. The Morgan fingerprint density at radius 3 is 2.73 bits per heavy atom. The van der Waals surface area contributed by atoms with Crippen LogP contribution in [-0.4, -0.2) is 51.2 Å². The van der Waals surface area contributed by atoms with Gasteiger partial charge in [-0.1, -0.05) is 0 Å². The van der Waals surface area contributed by atoms with Crippen LogP contribution in [0.4, 0.5) is 19.0 Å². The molecule has 7 nitrogen and oxygen atoms in total. The molecule has 0 bridgehead atoms. The molecule has 0 saturated carbocycles. The molecule has 3 N–H and O–H groups in total. The molecule has 1 aliphatic rings. The number of carbonyl (C=O) groups excluding carboxylic acids is 1. The third-order valence-electron chi connectivity index (χ3n) is 5.73. The predicted octanol–water partition coefficient (Wildman–Crippen LogP) is 3.33. The maximum atomic E-state index is 13.5. The van der Waals surface area contributed by atoms with E-state index in [2.05, 4.69) is 9.97 Å². The maximum Gasteiger partial charge on any atom is 0.417 e. The smallest absolute Gasteiger partial charge is 0.391 e. The molecule has 1 saturated heterocycles. The molecule has 33 heavy (non-hydrogen) atoms. The number of nitrogen functional groups attached to an aromatic ring is 1. The van der Waals surface area contributed by atoms with Gasteiger partial charge in [-0.15, -0.1) is 0 Å². The van der Waals surface area contributed by atoms with Gasteiger partial charge in [-0.05, 0) is 55.3 Å². The highest BCUT2D eigenvalue weighted by Gasteiger charge is 2.34. The number of hydrogen-bond acceptors (Lipinski definition) is 6. The molecule has 0 aliphatic carbocycles. The first-order valence-corrected chi connectivity index (χ1v) is 10.4. The maximum absolute atomic E-state index is 13.5. The molecular formula is C23H23F3N4O3. The molecule has 3 heterocycles. The Morgan fingerprint density at radius 1 is 1.27 bits per heavy atom. The zero-order valence-corrected chi connectivity index (χ0v) is 17.8. The van der Waals surface area contributed by atoms with Gasteiger partial charge in [-0.2, -0.15) is 13.2 Å². The van der Waals surface area contributed by atoms with Gasteiger partial charge in [-0.3, -0.25) is 9.78 Å². The van der Waals surface area contributed by atoms with Crippen LogP contribution in [0.3, 0.4) is 0 Å². The molecule has 0 spiro atoms. The van der Waals surface area contributed by atoms with E-state index in [4.69, 9.17) is 10.5 Å². The number of pyridine rings is 2. The lowest BCUT2D eigenvalue weighted by Crippen LogP contribution is -2.51. The van der Waals surface area contributed by atoms with Gasteiger partial charge in [0.1, 0.15) is 5.82 Å². The number of halogens is 3. The lowest BCUT2D eigenvalue weighted by Gasteiger charge is -2.37. The minimum atomic E-state index is -4.50. The van der Waals surface area contributed by atoms with Gasteiger partial charge in [0.2, 0.25) is 0 Å². The van der Waals surface area contributed by atoms with E-state index >= 15 is 0 Å². The van der Waals surface area contributed by atoms with Crippen LogP contribution in [0.15, 0.2) is 42.6 Å². The number of hydrogen-bond donors (Lipinski definition) is 2. The number of aliphatic hydroxyl groups is 1. The highest BCUT2D eigenvalue weighted by Crippen LogP contribution is 2.29. The van der Waals surface area contributed by atoms with Gasteiger partial charge in [0.05, 0.1) is 42.1 Å². The average Bonchev–Trinajstić information content (AvgIpc) is 2.78. The number of fused-ring (bicyclic) bond motifs is 1. The first-order chi connectivity index (χ1) is 15.6. The van der Waals surface area contributed by atoms with Gasteiger partial charge in [0.15, 0.2) is 0 Å². The highest BCUT2D eigenvalue weighted by molar-refractivity contribution is 5.98. The number of benzene rings is 1. The second-order valence-electron chi connectivity index (χ2n) is 8.07. The predicted molar refractivity (Wildman–Crippen MR) is 115 cm³/mol. The van der Waals surface area contributed by atoms with Crippen molar-refractivity contribution in [2.45, 2.75) is 38.2 Å². The van der Waals surface area contributed by atoms with Crippen LogP contribution in [0.1, 0.15) is 33.6 Å². The van der Waals surface area contributed by atoms with Crippen molar-refractivity contribution in [3.8, 4) is 0 Å². The summed E-state index contributed by atoms with van der Waals surface area (Å²) in [4.78, 5) is 23.1. The van der Waals surface area contributed by atoms with Crippen LogP contribution in [-0.2, 0) is 17.5 Å². The minimum absolute atomic E-state index is 0.0842. The summed E-state index contributed by atoms with van der Waals surface area (Å²) in [7, 11) is 0. The van der Waals surface area contributed by atoms with Crippen LogP contribution < -0.4 is 5.73 Å². The number of nitrogens with zero attached hydrogens (tertiary/aromatic N) is 3. The molecule has 174 valence electrons. The second kappa shape index (κ2) is 8.95. The van der Waals surface area contributed by atoms with Crippen molar-refractivity contribution < 1.29 is 27.8 Å².